The van der Waals surface area contributed by atoms with Crippen molar-refractivity contribution in [2.45, 2.75) is 38.1 Å². The maximum absolute atomic E-state index is 12.6. The quantitative estimate of drug-likeness (QED) is 0.382. The molecule has 0 saturated carbocycles. The summed E-state index contributed by atoms with van der Waals surface area (Å²) in [5.74, 6) is -3.91. The lowest BCUT2D eigenvalue weighted by Gasteiger charge is -2.34. The molecule has 0 unspecified atom stereocenters. The third-order valence-corrected chi connectivity index (χ3v) is 6.67. The fourth-order valence-corrected chi connectivity index (χ4v) is 4.47. The van der Waals surface area contributed by atoms with Gasteiger partial charge in [0.2, 0.25) is 5.91 Å². The number of carboxylic acid groups (broad SMARTS) is 2. The SMILES string of the molecule is O=C(O)C(F)(F)F.O=C(O)[C@@H]1CO[C@H](CCC(=O)N2CCN(Cc3cn(-c4ccc5nc[nH]c5c4)nn3)CC2)C1. The van der Waals surface area contributed by atoms with Crippen molar-refractivity contribution in [2.24, 2.45) is 5.92 Å². The van der Waals surface area contributed by atoms with E-state index in [1.54, 1.807) is 11.0 Å². The average Bonchev–Trinajstić information content (AvgIpc) is 3.68. The average molecular weight is 568 g/mol. The van der Waals surface area contributed by atoms with E-state index in [2.05, 4.69) is 25.2 Å². The number of imidazole rings is 1. The lowest BCUT2D eigenvalue weighted by molar-refractivity contribution is -0.192. The first-order chi connectivity index (χ1) is 19.0. The molecule has 1 amide bonds. The van der Waals surface area contributed by atoms with Crippen LogP contribution in [0.15, 0.2) is 30.7 Å². The summed E-state index contributed by atoms with van der Waals surface area (Å²) >= 11 is 0. The van der Waals surface area contributed by atoms with Crippen LogP contribution < -0.4 is 0 Å². The van der Waals surface area contributed by atoms with E-state index in [0.717, 1.165) is 35.5 Å². The van der Waals surface area contributed by atoms with E-state index in [4.69, 9.17) is 19.7 Å². The zero-order chi connectivity index (χ0) is 28.9. The zero-order valence-corrected chi connectivity index (χ0v) is 21.3. The number of carbonyl (C=O) groups is 3. The molecule has 13 nitrogen and oxygen atoms in total. The van der Waals surface area contributed by atoms with E-state index in [1.165, 1.54) is 0 Å². The van der Waals surface area contributed by atoms with E-state index in [-0.39, 0.29) is 18.6 Å². The van der Waals surface area contributed by atoms with Crippen molar-refractivity contribution < 1.29 is 42.5 Å². The topological polar surface area (TPSA) is 167 Å². The maximum Gasteiger partial charge on any atom is 0.490 e. The van der Waals surface area contributed by atoms with Crippen molar-refractivity contribution in [3.63, 3.8) is 0 Å². The first-order valence-electron chi connectivity index (χ1n) is 12.5. The summed E-state index contributed by atoms with van der Waals surface area (Å²) < 4.78 is 39.0. The van der Waals surface area contributed by atoms with Gasteiger partial charge in [0.05, 0.1) is 53.6 Å². The molecular weight excluding hydrogens is 539 g/mol. The Hall–Kier alpha value is -4.05. The Morgan fingerprint density at radius 3 is 2.50 bits per heavy atom. The highest BCUT2D eigenvalue weighted by Gasteiger charge is 2.38. The molecule has 5 rings (SSSR count). The number of aromatic nitrogens is 5. The van der Waals surface area contributed by atoms with Gasteiger partial charge in [0.1, 0.15) is 0 Å². The normalized spacial score (nSPS) is 19.8. The summed E-state index contributed by atoms with van der Waals surface area (Å²) in [6.45, 7) is 3.83. The van der Waals surface area contributed by atoms with Crippen LogP contribution in [0.5, 0.6) is 0 Å². The highest BCUT2D eigenvalue weighted by Crippen LogP contribution is 2.24. The van der Waals surface area contributed by atoms with Crippen molar-refractivity contribution in [1.29, 1.82) is 0 Å². The number of rotatable bonds is 7. The van der Waals surface area contributed by atoms with Gasteiger partial charge in [-0.05, 0) is 31.0 Å². The van der Waals surface area contributed by atoms with Gasteiger partial charge < -0.3 is 24.8 Å². The molecule has 1 aromatic carbocycles. The van der Waals surface area contributed by atoms with Crippen LogP contribution in [0, 0.1) is 5.92 Å². The number of aromatic amines is 1. The fourth-order valence-electron chi connectivity index (χ4n) is 4.47. The maximum atomic E-state index is 12.6. The minimum atomic E-state index is -5.08. The van der Waals surface area contributed by atoms with Crippen LogP contribution in [0.4, 0.5) is 13.2 Å². The molecule has 2 aliphatic rings. The molecule has 2 aliphatic heterocycles. The molecule has 3 aromatic rings. The third-order valence-electron chi connectivity index (χ3n) is 6.67. The van der Waals surface area contributed by atoms with Crippen molar-refractivity contribution >= 4 is 28.9 Å². The van der Waals surface area contributed by atoms with Gasteiger partial charge >= 0.3 is 18.1 Å². The Bertz CT molecular complexity index is 1340. The largest absolute Gasteiger partial charge is 0.490 e. The van der Waals surface area contributed by atoms with Crippen LogP contribution in [0.25, 0.3) is 16.7 Å². The van der Waals surface area contributed by atoms with Gasteiger partial charge in [0.15, 0.2) is 0 Å². The number of benzene rings is 1. The predicted molar refractivity (Wildman–Crippen MR) is 131 cm³/mol. The number of nitrogens with one attached hydrogen (secondary N) is 1. The number of halogens is 3. The van der Waals surface area contributed by atoms with Crippen molar-refractivity contribution in [3.8, 4) is 5.69 Å². The van der Waals surface area contributed by atoms with E-state index in [1.807, 2.05) is 29.3 Å². The van der Waals surface area contributed by atoms with E-state index in [0.29, 0.717) is 38.9 Å². The molecule has 0 aliphatic carbocycles. The summed E-state index contributed by atoms with van der Waals surface area (Å²) in [7, 11) is 0. The van der Waals surface area contributed by atoms with Gasteiger partial charge in [-0.15, -0.1) is 5.10 Å². The lowest BCUT2D eigenvalue weighted by atomic mass is 10.0. The number of fused-ring (bicyclic) bond motifs is 1. The molecule has 0 radical (unpaired) electrons. The second kappa shape index (κ2) is 12.4. The number of ether oxygens (including phenoxy) is 1. The third kappa shape index (κ3) is 7.53. The number of carbonyl (C=O) groups excluding carboxylic acids is 1. The smallest absolute Gasteiger partial charge is 0.481 e. The second-order valence-corrected chi connectivity index (χ2v) is 9.48. The van der Waals surface area contributed by atoms with Gasteiger partial charge in [0, 0.05) is 39.1 Å². The highest BCUT2D eigenvalue weighted by atomic mass is 19.4. The molecule has 0 spiro atoms. The summed E-state index contributed by atoms with van der Waals surface area (Å²) in [4.78, 5) is 44.0. The molecule has 0 bridgehead atoms. The monoisotopic (exact) mass is 567 g/mol. The highest BCUT2D eigenvalue weighted by molar-refractivity contribution is 5.77. The van der Waals surface area contributed by atoms with Crippen LogP contribution in [0.3, 0.4) is 0 Å². The predicted octanol–water partition coefficient (Wildman–Crippen LogP) is 1.69. The number of hydrogen-bond acceptors (Lipinski definition) is 8. The lowest BCUT2D eigenvalue weighted by Crippen LogP contribution is -2.48. The standard InChI is InChI=1S/C22H27N7O4.C2HF3O2/c30-21(4-2-18-9-15(13-33-18)22(31)32)28-7-5-27(6-8-28)11-16-12-29(26-25-16)17-1-3-19-20(10-17)24-14-23-19;3-2(4,5)1(6)7/h1,3,10,12,14-15,18H,2,4-9,11,13H2,(H,23,24)(H,31,32);(H,6,7)/t15-,18+;/m0./s1. The van der Waals surface area contributed by atoms with Gasteiger partial charge in [0.25, 0.3) is 0 Å². The first-order valence-corrected chi connectivity index (χ1v) is 12.5. The number of nitrogens with zero attached hydrogens (tertiary/aromatic N) is 6. The number of aliphatic carboxylic acids is 2. The van der Waals surface area contributed by atoms with Gasteiger partial charge in [-0.2, -0.15) is 13.2 Å². The number of hydrogen-bond donors (Lipinski definition) is 3. The Labute approximate surface area is 225 Å². The molecular formula is C24H28F3N7O6. The summed E-state index contributed by atoms with van der Waals surface area (Å²) in [5, 5.41) is 24.8. The molecule has 2 saturated heterocycles. The Morgan fingerprint density at radius 1 is 1.12 bits per heavy atom. The Balaban J connectivity index is 0.000000470. The van der Waals surface area contributed by atoms with Crippen LogP contribution in [0.2, 0.25) is 0 Å². The number of H-pyrrole nitrogens is 1. The second-order valence-electron chi connectivity index (χ2n) is 9.48. The van der Waals surface area contributed by atoms with Crippen molar-refractivity contribution in [3.05, 3.63) is 36.4 Å². The van der Waals surface area contributed by atoms with Crippen molar-refractivity contribution in [1.82, 2.24) is 34.8 Å². The zero-order valence-electron chi connectivity index (χ0n) is 21.3. The summed E-state index contributed by atoms with van der Waals surface area (Å²) in [6, 6.07) is 5.90. The van der Waals surface area contributed by atoms with Crippen LogP contribution in [-0.4, -0.2) is 108 Å². The number of piperazine rings is 1. The van der Waals surface area contributed by atoms with Crippen LogP contribution >= 0.6 is 0 Å². The van der Waals surface area contributed by atoms with Gasteiger partial charge in [-0.3, -0.25) is 14.5 Å². The van der Waals surface area contributed by atoms with Gasteiger partial charge in [-0.1, -0.05) is 5.21 Å². The molecule has 3 N–H and O–H groups in total. The van der Waals surface area contributed by atoms with E-state index < -0.39 is 24.0 Å². The summed E-state index contributed by atoms with van der Waals surface area (Å²) in [5.41, 5.74) is 3.66. The minimum absolute atomic E-state index is 0.108. The Kier molecular flexibility index (Phi) is 8.99. The number of amides is 1. The molecule has 40 heavy (non-hydrogen) atoms. The molecule has 2 aromatic heterocycles. The molecule has 216 valence electrons. The minimum Gasteiger partial charge on any atom is -0.481 e. The molecule has 2 atom stereocenters. The fraction of sp³-hybridized carbons (Fsp3) is 0.500. The molecule has 2 fully saturated rings. The molecule has 16 heteroatoms. The first kappa shape index (κ1) is 28.9. The summed E-state index contributed by atoms with van der Waals surface area (Å²) in [6.07, 6.45) is -0.146. The molecule has 4 heterocycles. The van der Waals surface area contributed by atoms with Crippen molar-refractivity contribution in [2.75, 3.05) is 32.8 Å². The van der Waals surface area contributed by atoms with E-state index in [9.17, 15) is 22.8 Å². The van der Waals surface area contributed by atoms with Crippen LogP contribution in [0.1, 0.15) is 25.0 Å². The van der Waals surface area contributed by atoms with E-state index >= 15 is 0 Å². The number of carboxylic acids is 2. The Morgan fingerprint density at radius 2 is 1.85 bits per heavy atom. The van der Waals surface area contributed by atoms with Gasteiger partial charge in [-0.25, -0.2) is 14.5 Å². The number of alkyl halides is 3. The van der Waals surface area contributed by atoms with Crippen LogP contribution in [-0.2, 0) is 25.7 Å².